The zero-order valence-electron chi connectivity index (χ0n) is 22.2. The normalized spacial score (nSPS) is 17.7. The predicted octanol–water partition coefficient (Wildman–Crippen LogP) is 10.2. The molecule has 0 aliphatic heterocycles. The highest BCUT2D eigenvalue weighted by molar-refractivity contribution is 5.65. The highest BCUT2D eigenvalue weighted by Gasteiger charge is 2.26. The second kappa shape index (κ2) is 13.1. The second-order valence-corrected chi connectivity index (χ2v) is 10.4. The third-order valence-corrected chi connectivity index (χ3v) is 7.57. The van der Waals surface area contributed by atoms with E-state index in [1.807, 2.05) is 25.1 Å². The van der Waals surface area contributed by atoms with Gasteiger partial charge in [0.2, 0.25) is 5.82 Å². The van der Waals surface area contributed by atoms with Crippen molar-refractivity contribution in [2.75, 3.05) is 6.61 Å². The van der Waals surface area contributed by atoms with Gasteiger partial charge in [0.25, 0.3) is 0 Å². The first kappa shape index (κ1) is 27.9. The molecule has 0 N–H and O–H groups in total. The Labute approximate surface area is 223 Å². The van der Waals surface area contributed by atoms with E-state index >= 15 is 4.39 Å². The van der Waals surface area contributed by atoms with Crippen LogP contribution in [0.5, 0.6) is 5.75 Å². The molecular formula is C33H36F4O. The van der Waals surface area contributed by atoms with Crippen LogP contribution >= 0.6 is 0 Å². The van der Waals surface area contributed by atoms with Gasteiger partial charge in [-0.3, -0.25) is 0 Å². The molecule has 3 aromatic rings. The SMILES string of the molecule is CCCCCCOc1ccc(/C=C/C2CCC(c3ccc(-c4ccc(C)cc4)c(F)c3F)CC2)c(F)c1F. The number of hydrogen-bond donors (Lipinski definition) is 0. The van der Waals surface area contributed by atoms with Crippen molar-refractivity contribution in [3.05, 3.63) is 94.6 Å². The van der Waals surface area contributed by atoms with Crippen LogP contribution in [0.4, 0.5) is 17.6 Å². The molecule has 0 saturated heterocycles. The molecule has 1 aliphatic carbocycles. The minimum absolute atomic E-state index is 0.0562. The maximum Gasteiger partial charge on any atom is 0.201 e. The zero-order chi connectivity index (χ0) is 27.1. The monoisotopic (exact) mass is 524 g/mol. The van der Waals surface area contributed by atoms with Gasteiger partial charge in [-0.05, 0) is 74.1 Å². The summed E-state index contributed by atoms with van der Waals surface area (Å²) in [5.41, 5.74) is 2.58. The highest BCUT2D eigenvalue weighted by atomic mass is 19.2. The molecule has 5 heteroatoms. The molecule has 202 valence electrons. The van der Waals surface area contributed by atoms with Crippen LogP contribution in [-0.2, 0) is 0 Å². The quantitative estimate of drug-likeness (QED) is 0.189. The van der Waals surface area contributed by atoms with Crippen molar-refractivity contribution < 1.29 is 22.3 Å². The molecule has 38 heavy (non-hydrogen) atoms. The lowest BCUT2D eigenvalue weighted by molar-refractivity contribution is 0.285. The fraction of sp³-hybridized carbons (Fsp3) is 0.394. The Bertz CT molecular complexity index is 1240. The lowest BCUT2D eigenvalue weighted by Gasteiger charge is -2.27. The molecule has 0 unspecified atom stereocenters. The van der Waals surface area contributed by atoms with Crippen molar-refractivity contribution in [3.8, 4) is 16.9 Å². The van der Waals surface area contributed by atoms with E-state index in [0.717, 1.165) is 44.1 Å². The Balaban J connectivity index is 1.35. The maximum absolute atomic E-state index is 15.0. The van der Waals surface area contributed by atoms with E-state index in [0.29, 0.717) is 30.6 Å². The molecule has 0 bridgehead atoms. The van der Waals surface area contributed by atoms with Crippen molar-refractivity contribution in [3.63, 3.8) is 0 Å². The predicted molar refractivity (Wildman–Crippen MR) is 146 cm³/mol. The van der Waals surface area contributed by atoms with Gasteiger partial charge in [-0.1, -0.05) is 80.3 Å². The first-order chi connectivity index (χ1) is 18.4. The lowest BCUT2D eigenvalue weighted by atomic mass is 9.78. The standard InChI is InChI=1S/C33H36F4O/c1-3-4-5-6-21-38-29-20-17-26(30(34)33(29)37)16-11-23-9-14-25(15-10-23)28-19-18-27(31(35)32(28)36)24-12-7-22(2)8-13-24/h7-8,11-13,16-20,23,25H,3-6,9-10,14-15,21H2,1-2H3/b16-11+. The van der Waals surface area contributed by atoms with E-state index in [9.17, 15) is 13.2 Å². The minimum Gasteiger partial charge on any atom is -0.490 e. The van der Waals surface area contributed by atoms with Gasteiger partial charge in [0.1, 0.15) is 0 Å². The van der Waals surface area contributed by atoms with E-state index in [2.05, 4.69) is 6.92 Å². The third kappa shape index (κ3) is 6.67. The summed E-state index contributed by atoms with van der Waals surface area (Å²) in [5.74, 6) is -3.40. The molecule has 0 radical (unpaired) electrons. The molecule has 4 rings (SSSR count). The summed E-state index contributed by atoms with van der Waals surface area (Å²) in [4.78, 5) is 0. The number of aryl methyl sites for hydroxylation is 1. The minimum atomic E-state index is -0.960. The number of rotatable bonds is 10. The third-order valence-electron chi connectivity index (χ3n) is 7.57. The van der Waals surface area contributed by atoms with Crippen LogP contribution in [0.25, 0.3) is 17.2 Å². The second-order valence-electron chi connectivity index (χ2n) is 10.4. The van der Waals surface area contributed by atoms with Gasteiger partial charge in [-0.15, -0.1) is 0 Å². The topological polar surface area (TPSA) is 9.23 Å². The van der Waals surface area contributed by atoms with E-state index in [1.165, 1.54) is 12.1 Å². The van der Waals surface area contributed by atoms with Crippen LogP contribution in [0.15, 0.2) is 54.6 Å². The average Bonchev–Trinajstić information content (AvgIpc) is 2.93. The number of hydrogen-bond acceptors (Lipinski definition) is 1. The largest absolute Gasteiger partial charge is 0.490 e. The van der Waals surface area contributed by atoms with Crippen LogP contribution in [0.3, 0.4) is 0 Å². The summed E-state index contributed by atoms with van der Waals surface area (Å²) in [6.07, 6.45) is 10.5. The molecule has 1 saturated carbocycles. The molecule has 0 spiro atoms. The van der Waals surface area contributed by atoms with Crippen molar-refractivity contribution in [1.82, 2.24) is 0 Å². The van der Waals surface area contributed by atoms with Gasteiger partial charge in [-0.25, -0.2) is 13.2 Å². The Morgan fingerprint density at radius 3 is 2.21 bits per heavy atom. The lowest BCUT2D eigenvalue weighted by Crippen LogP contribution is -2.13. The molecule has 1 aliphatic rings. The Morgan fingerprint density at radius 1 is 0.763 bits per heavy atom. The number of allylic oxidation sites excluding steroid dienone is 1. The molecule has 0 amide bonds. The van der Waals surface area contributed by atoms with Gasteiger partial charge in [0, 0.05) is 11.1 Å². The summed E-state index contributed by atoms with van der Waals surface area (Å²) >= 11 is 0. The summed E-state index contributed by atoms with van der Waals surface area (Å²) in [7, 11) is 0. The van der Waals surface area contributed by atoms with Crippen molar-refractivity contribution >= 4 is 6.08 Å². The molecule has 0 atom stereocenters. The van der Waals surface area contributed by atoms with Crippen LogP contribution in [-0.4, -0.2) is 6.61 Å². The number of halogens is 4. The first-order valence-corrected chi connectivity index (χ1v) is 13.7. The van der Waals surface area contributed by atoms with E-state index < -0.39 is 23.3 Å². The molecule has 1 nitrogen and oxygen atoms in total. The van der Waals surface area contributed by atoms with Crippen molar-refractivity contribution in [1.29, 1.82) is 0 Å². The van der Waals surface area contributed by atoms with Gasteiger partial charge in [0.05, 0.1) is 6.61 Å². The van der Waals surface area contributed by atoms with Crippen LogP contribution < -0.4 is 4.74 Å². The smallest absolute Gasteiger partial charge is 0.201 e. The van der Waals surface area contributed by atoms with Crippen LogP contribution in [0.1, 0.15) is 80.9 Å². The summed E-state index contributed by atoms with van der Waals surface area (Å²) in [6, 6.07) is 13.8. The average molecular weight is 525 g/mol. The molecule has 0 heterocycles. The summed E-state index contributed by atoms with van der Waals surface area (Å²) < 4.78 is 64.5. The number of benzene rings is 3. The van der Waals surface area contributed by atoms with Crippen molar-refractivity contribution in [2.45, 2.75) is 71.1 Å². The van der Waals surface area contributed by atoms with E-state index in [1.54, 1.807) is 30.3 Å². The van der Waals surface area contributed by atoms with Gasteiger partial charge in [-0.2, -0.15) is 4.39 Å². The molecule has 1 fully saturated rings. The highest BCUT2D eigenvalue weighted by Crippen LogP contribution is 2.39. The van der Waals surface area contributed by atoms with Gasteiger partial charge < -0.3 is 4.74 Å². The van der Waals surface area contributed by atoms with Crippen molar-refractivity contribution in [2.24, 2.45) is 5.92 Å². The van der Waals surface area contributed by atoms with E-state index in [-0.39, 0.29) is 28.7 Å². The molecule has 3 aromatic carbocycles. The van der Waals surface area contributed by atoms with Crippen LogP contribution in [0, 0.1) is 36.1 Å². The maximum atomic E-state index is 15.0. The molecule has 0 aromatic heterocycles. The summed E-state index contributed by atoms with van der Waals surface area (Å²) in [5, 5.41) is 0. The van der Waals surface area contributed by atoms with Gasteiger partial charge in [0.15, 0.2) is 23.2 Å². The van der Waals surface area contributed by atoms with Gasteiger partial charge >= 0.3 is 0 Å². The Morgan fingerprint density at radius 2 is 1.50 bits per heavy atom. The number of unbranched alkanes of at least 4 members (excludes halogenated alkanes) is 3. The number of ether oxygens (including phenoxy) is 1. The Kier molecular flexibility index (Phi) is 9.65. The fourth-order valence-corrected chi connectivity index (χ4v) is 5.20. The van der Waals surface area contributed by atoms with Crippen LogP contribution in [0.2, 0.25) is 0 Å². The first-order valence-electron chi connectivity index (χ1n) is 13.7. The fourth-order valence-electron chi connectivity index (χ4n) is 5.20. The summed E-state index contributed by atoms with van der Waals surface area (Å²) in [6.45, 7) is 4.43. The van der Waals surface area contributed by atoms with E-state index in [4.69, 9.17) is 4.74 Å². The Hall–Kier alpha value is -3.08. The zero-order valence-corrected chi connectivity index (χ0v) is 22.2. The molecular weight excluding hydrogens is 488 g/mol.